The van der Waals surface area contributed by atoms with Crippen LogP contribution in [0.4, 0.5) is 20.2 Å². The Balaban J connectivity index is 1.36. The summed E-state index contributed by atoms with van der Waals surface area (Å²) in [5.41, 5.74) is 8.70. The Labute approximate surface area is 410 Å². The minimum Gasteiger partial charge on any atom is -0.359 e. The number of carbonyl (C=O) groups is 6. The molecule has 5 rings (SSSR count). The summed E-state index contributed by atoms with van der Waals surface area (Å²) < 4.78 is 29.3. The van der Waals surface area contributed by atoms with Crippen molar-refractivity contribution in [2.75, 3.05) is 43.0 Å². The fourth-order valence-electron chi connectivity index (χ4n) is 8.00. The predicted octanol–water partition coefficient (Wildman–Crippen LogP) is 9.36. The van der Waals surface area contributed by atoms with E-state index in [-0.39, 0.29) is 75.9 Å². The van der Waals surface area contributed by atoms with Crippen molar-refractivity contribution in [3.8, 4) is 0 Å². The molecule has 4 N–H and O–H groups in total. The number of anilines is 2. The maximum absolute atomic E-state index is 14.9. The summed E-state index contributed by atoms with van der Waals surface area (Å²) in [4.78, 5) is 90.6. The average Bonchev–Trinajstić information content (AvgIpc) is 3.80. The van der Waals surface area contributed by atoms with Crippen molar-refractivity contribution in [1.82, 2.24) is 20.7 Å². The van der Waals surface area contributed by atoms with E-state index in [1.807, 2.05) is 64.1 Å². The molecule has 16 heteroatoms. The number of ketones is 1. The molecule has 13 nitrogen and oxygen atoms in total. The molecule has 2 unspecified atom stereocenters. The van der Waals surface area contributed by atoms with E-state index >= 15 is 0 Å². The van der Waals surface area contributed by atoms with Crippen molar-refractivity contribution in [3.05, 3.63) is 141 Å². The van der Waals surface area contributed by atoms with Gasteiger partial charge in [0.2, 0.25) is 12.8 Å². The minimum atomic E-state index is -1.70. The third-order valence-electron chi connectivity index (χ3n) is 12.2. The number of hydroxylamine groups is 1. The summed E-state index contributed by atoms with van der Waals surface area (Å²) >= 11 is 0. The zero-order valence-corrected chi connectivity index (χ0v) is 41.8. The SMILES string of the molecule is CCN(CC)CCNOC/C=C(\C)NC(/C=C(\C(=O)CCC(C)CCC(=O)P(Cc1ccccc1)c1[nH]c(/C=C2\C(=O)N(C=O)c3ccc(F)cc32)c(C)c1C=O)c1cc(F)ccc1NC=O)=C(C)C. The molecule has 0 saturated heterocycles. The molecular formula is C54H63F2N6O7P. The standard InChI is InChI=1S/C54H63F2N6O7P/c1-8-61(9-2)25-24-58-69-26-23-37(6)59-48(35(3)4)29-44(42-27-40(55)17-19-47(42)57-33-64)51(66)21-15-36(5)16-22-52(67)70(32-39-13-11-10-12-14-39)53-46(31-63)38(7)49(60-53)30-45-43-28-41(56)18-20-50(43)62(34-65)54(45)68/h10-14,17-20,23,27-31,33-34,36,58-60H,8-9,15-16,21-22,24-26,32H2,1-7H3,(H,57,64)/b37-23+,44-29-,45-30-. The number of rotatable bonds is 28. The average molecular weight is 977 g/mol. The number of carbonyl (C=O) groups excluding carboxylic acids is 6. The summed E-state index contributed by atoms with van der Waals surface area (Å²) in [7, 11) is -1.70. The number of H-pyrrole nitrogens is 1. The monoisotopic (exact) mass is 976 g/mol. The number of halogens is 2. The lowest BCUT2D eigenvalue weighted by molar-refractivity contribution is -0.117. The molecule has 1 aliphatic heterocycles. The van der Waals surface area contributed by atoms with Crippen molar-refractivity contribution < 1.29 is 42.4 Å². The molecule has 0 saturated carbocycles. The van der Waals surface area contributed by atoms with Crippen molar-refractivity contribution in [2.24, 2.45) is 5.92 Å². The van der Waals surface area contributed by atoms with Crippen LogP contribution in [0, 0.1) is 24.5 Å². The molecule has 4 aromatic rings. The maximum Gasteiger partial charge on any atom is 0.265 e. The third-order valence-corrected chi connectivity index (χ3v) is 14.6. The Bertz CT molecular complexity index is 2670. The second-order valence-corrected chi connectivity index (χ2v) is 19.4. The molecule has 370 valence electrons. The number of fused-ring (bicyclic) bond motifs is 1. The fraction of sp³-hybridized carbons (Fsp3) is 0.333. The van der Waals surface area contributed by atoms with E-state index in [9.17, 15) is 37.5 Å². The number of hydrogen-bond donors (Lipinski definition) is 4. The Kier molecular flexibility index (Phi) is 20.6. The molecule has 0 fully saturated rings. The summed E-state index contributed by atoms with van der Waals surface area (Å²) in [6.45, 7) is 17.2. The van der Waals surface area contributed by atoms with Crippen LogP contribution >= 0.6 is 7.92 Å². The fourth-order valence-corrected chi connectivity index (χ4v) is 10.3. The Hall–Kier alpha value is -6.51. The van der Waals surface area contributed by atoms with Gasteiger partial charge in [-0.3, -0.25) is 33.6 Å². The van der Waals surface area contributed by atoms with Gasteiger partial charge in [0.05, 0.1) is 23.3 Å². The van der Waals surface area contributed by atoms with Gasteiger partial charge in [-0.05, 0) is 125 Å². The van der Waals surface area contributed by atoms with Gasteiger partial charge in [-0.2, -0.15) is 0 Å². The number of allylic oxidation sites excluding steroid dienone is 4. The van der Waals surface area contributed by atoms with Gasteiger partial charge < -0.3 is 20.5 Å². The van der Waals surface area contributed by atoms with Gasteiger partial charge >= 0.3 is 0 Å². The van der Waals surface area contributed by atoms with Crippen LogP contribution in [-0.2, 0) is 35.0 Å². The molecule has 0 spiro atoms. The molecule has 2 atom stereocenters. The number of nitrogens with one attached hydrogen (secondary N) is 4. The van der Waals surface area contributed by atoms with Crippen LogP contribution in [0.1, 0.15) is 106 Å². The van der Waals surface area contributed by atoms with Crippen LogP contribution in [0.5, 0.6) is 0 Å². The van der Waals surface area contributed by atoms with Crippen molar-refractivity contribution in [1.29, 1.82) is 0 Å². The van der Waals surface area contributed by atoms with Crippen molar-refractivity contribution in [2.45, 2.75) is 80.3 Å². The zero-order valence-electron chi connectivity index (χ0n) is 40.9. The number of amides is 3. The largest absolute Gasteiger partial charge is 0.359 e. The normalized spacial score (nSPS) is 14.1. The van der Waals surface area contributed by atoms with E-state index in [1.54, 1.807) is 13.0 Å². The highest BCUT2D eigenvalue weighted by atomic mass is 31.1. The third kappa shape index (κ3) is 14.3. The smallest absolute Gasteiger partial charge is 0.265 e. The first-order chi connectivity index (χ1) is 33.6. The minimum absolute atomic E-state index is 0.0469. The van der Waals surface area contributed by atoms with Gasteiger partial charge in [-0.15, -0.1) is 0 Å². The van der Waals surface area contributed by atoms with Crippen molar-refractivity contribution >= 4 is 78.3 Å². The van der Waals surface area contributed by atoms with E-state index in [0.717, 1.165) is 47.4 Å². The molecule has 3 amide bonds. The summed E-state index contributed by atoms with van der Waals surface area (Å²) in [6.07, 6.45) is 7.83. The summed E-state index contributed by atoms with van der Waals surface area (Å²) in [5, 5.41) is 5.95. The van der Waals surface area contributed by atoms with Gasteiger partial charge in [0.15, 0.2) is 17.6 Å². The molecule has 2 heterocycles. The van der Waals surface area contributed by atoms with E-state index in [2.05, 4.69) is 39.8 Å². The Morgan fingerprint density at radius 3 is 2.31 bits per heavy atom. The van der Waals surface area contributed by atoms with Crippen LogP contribution in [-0.4, -0.2) is 79.0 Å². The first kappa shape index (κ1) is 54.4. The molecular weight excluding hydrogens is 914 g/mol. The predicted molar refractivity (Wildman–Crippen MR) is 274 cm³/mol. The highest BCUT2D eigenvalue weighted by Crippen LogP contribution is 2.44. The number of benzene rings is 3. The highest BCUT2D eigenvalue weighted by molar-refractivity contribution is 7.80. The topological polar surface area (TPSA) is 170 Å². The number of imide groups is 1. The second kappa shape index (κ2) is 26.5. The van der Waals surface area contributed by atoms with Crippen LogP contribution in [0.3, 0.4) is 0 Å². The molecule has 1 aromatic heterocycles. The van der Waals surface area contributed by atoms with E-state index in [1.165, 1.54) is 36.4 Å². The van der Waals surface area contributed by atoms with Gasteiger partial charge in [0.25, 0.3) is 5.91 Å². The first-order valence-electron chi connectivity index (χ1n) is 23.4. The van der Waals surface area contributed by atoms with E-state index < -0.39 is 25.5 Å². The maximum atomic E-state index is 14.9. The zero-order chi connectivity index (χ0) is 50.9. The molecule has 0 bridgehead atoms. The lowest BCUT2D eigenvalue weighted by Crippen LogP contribution is -2.32. The van der Waals surface area contributed by atoms with Gasteiger partial charge in [0.1, 0.15) is 11.6 Å². The lowest BCUT2D eigenvalue weighted by Gasteiger charge is -2.19. The number of Topliss-reactive ketones (excluding diaryl/α,β-unsaturated/α-hetero) is 1. The number of aldehydes is 1. The molecule has 3 aromatic carbocycles. The van der Waals surface area contributed by atoms with E-state index in [4.69, 9.17) is 4.84 Å². The van der Waals surface area contributed by atoms with Crippen LogP contribution in [0.15, 0.2) is 95.8 Å². The Morgan fingerprint density at radius 2 is 1.64 bits per heavy atom. The highest BCUT2D eigenvalue weighted by Gasteiger charge is 2.34. The second-order valence-electron chi connectivity index (χ2n) is 17.3. The lowest BCUT2D eigenvalue weighted by atomic mass is 9.92. The van der Waals surface area contributed by atoms with Crippen molar-refractivity contribution in [3.63, 3.8) is 0 Å². The summed E-state index contributed by atoms with van der Waals surface area (Å²) in [5.74, 6) is -2.26. The van der Waals surface area contributed by atoms with E-state index in [0.29, 0.717) is 67.0 Å². The number of aromatic amines is 1. The molecule has 0 aliphatic carbocycles. The Morgan fingerprint density at radius 1 is 0.943 bits per heavy atom. The van der Waals surface area contributed by atoms with Crippen LogP contribution in [0.25, 0.3) is 17.2 Å². The van der Waals surface area contributed by atoms with Crippen LogP contribution in [0.2, 0.25) is 0 Å². The van der Waals surface area contributed by atoms with Gasteiger partial charge in [-0.25, -0.2) is 19.2 Å². The van der Waals surface area contributed by atoms with Crippen LogP contribution < -0.4 is 26.4 Å². The van der Waals surface area contributed by atoms with Gasteiger partial charge in [-0.1, -0.05) is 56.7 Å². The quantitative estimate of drug-likeness (QED) is 0.0107. The number of likely N-dealkylation sites (N-methyl/N-ethyl adjacent to an activating group) is 1. The number of hydrogen-bond acceptors (Lipinski definition) is 10. The molecule has 0 radical (unpaired) electrons. The van der Waals surface area contributed by atoms with Gasteiger partial charge in [0, 0.05) is 85.1 Å². The summed E-state index contributed by atoms with van der Waals surface area (Å²) in [6, 6.07) is 16.9. The molecule has 1 aliphatic rings. The molecule has 70 heavy (non-hydrogen) atoms. The number of aromatic nitrogens is 1. The number of nitrogens with zero attached hydrogens (tertiary/aromatic N) is 2. The first-order valence-corrected chi connectivity index (χ1v) is 24.9.